The molecule has 2 rings (SSSR count). The molecule has 1 aromatic carbocycles. The van der Waals surface area contributed by atoms with E-state index in [1.54, 1.807) is 6.07 Å². The van der Waals surface area contributed by atoms with Crippen molar-refractivity contribution < 1.29 is 17.9 Å². The van der Waals surface area contributed by atoms with Gasteiger partial charge in [-0.05, 0) is 24.1 Å². The largest absolute Gasteiger partial charge is 0.490 e. The van der Waals surface area contributed by atoms with E-state index in [9.17, 15) is 8.42 Å². The van der Waals surface area contributed by atoms with Crippen LogP contribution in [0.15, 0.2) is 28.2 Å². The predicted molar refractivity (Wildman–Crippen MR) is 72.7 cm³/mol. The molecule has 1 aliphatic rings. The predicted octanol–water partition coefficient (Wildman–Crippen LogP) is 2.32. The van der Waals surface area contributed by atoms with Crippen LogP contribution in [0, 0.1) is 0 Å². The highest BCUT2D eigenvalue weighted by atomic mass is 32.2. The van der Waals surface area contributed by atoms with Gasteiger partial charge >= 0.3 is 0 Å². The van der Waals surface area contributed by atoms with Gasteiger partial charge in [-0.15, -0.1) is 0 Å². The minimum absolute atomic E-state index is 0.0638. The van der Waals surface area contributed by atoms with Crippen LogP contribution >= 0.6 is 0 Å². The summed E-state index contributed by atoms with van der Waals surface area (Å²) in [4.78, 5) is 2.79. The zero-order chi connectivity index (χ0) is 14.4. The quantitative estimate of drug-likeness (QED) is 0.360. The topological polar surface area (TPSA) is 101 Å². The number of rotatable bonds is 5. The van der Waals surface area contributed by atoms with E-state index in [2.05, 4.69) is 10.0 Å². The molecule has 108 valence electrons. The molecule has 1 heterocycles. The van der Waals surface area contributed by atoms with E-state index in [0.717, 1.165) is 6.42 Å². The highest BCUT2D eigenvalue weighted by molar-refractivity contribution is 7.91. The van der Waals surface area contributed by atoms with Crippen LogP contribution in [-0.2, 0) is 9.84 Å². The standard InChI is InChI=1S/C12H15N3O4S/c13-15-14-5-1-8-20(16,17)10-3-4-11-12(9-10)19-7-2-6-18-11/h3-4,9H,1-2,5-8H2. The van der Waals surface area contributed by atoms with Gasteiger partial charge in [0.2, 0.25) is 0 Å². The first-order chi connectivity index (χ1) is 9.63. The third-order valence-corrected chi connectivity index (χ3v) is 4.61. The summed E-state index contributed by atoms with van der Waals surface area (Å²) < 4.78 is 35.2. The molecule has 1 aliphatic heterocycles. The lowest BCUT2D eigenvalue weighted by molar-refractivity contribution is 0.297. The average molecular weight is 297 g/mol. The van der Waals surface area contributed by atoms with E-state index >= 15 is 0 Å². The molecule has 0 aliphatic carbocycles. The number of hydrogen-bond acceptors (Lipinski definition) is 5. The number of hydrogen-bond donors (Lipinski definition) is 0. The Bertz CT molecular complexity index is 624. The highest BCUT2D eigenvalue weighted by Gasteiger charge is 2.18. The molecule has 8 heteroatoms. The van der Waals surface area contributed by atoms with Crippen LogP contribution in [0.4, 0.5) is 0 Å². The van der Waals surface area contributed by atoms with Crippen molar-refractivity contribution in [3.05, 3.63) is 28.6 Å². The van der Waals surface area contributed by atoms with E-state index < -0.39 is 9.84 Å². The SMILES string of the molecule is [N-]=[N+]=NCCCS(=O)(=O)c1ccc2c(c1)OCCCO2. The number of azide groups is 1. The van der Waals surface area contributed by atoms with Crippen LogP contribution < -0.4 is 9.47 Å². The van der Waals surface area contributed by atoms with Gasteiger partial charge in [-0.2, -0.15) is 0 Å². The van der Waals surface area contributed by atoms with Crippen LogP contribution in [0.5, 0.6) is 11.5 Å². The molecule has 20 heavy (non-hydrogen) atoms. The van der Waals surface area contributed by atoms with Crippen molar-refractivity contribution in [1.82, 2.24) is 0 Å². The second-order valence-corrected chi connectivity index (χ2v) is 6.40. The van der Waals surface area contributed by atoms with Gasteiger partial charge in [0.1, 0.15) is 0 Å². The van der Waals surface area contributed by atoms with E-state index in [-0.39, 0.29) is 17.2 Å². The van der Waals surface area contributed by atoms with Gasteiger partial charge < -0.3 is 9.47 Å². The first-order valence-corrected chi connectivity index (χ1v) is 7.92. The number of fused-ring (bicyclic) bond motifs is 1. The summed E-state index contributed by atoms with van der Waals surface area (Å²) in [5, 5.41) is 3.32. The molecule has 0 spiro atoms. The first-order valence-electron chi connectivity index (χ1n) is 6.27. The van der Waals surface area contributed by atoms with Gasteiger partial charge in [-0.3, -0.25) is 0 Å². The summed E-state index contributed by atoms with van der Waals surface area (Å²) in [6.45, 7) is 1.24. The molecule has 0 saturated carbocycles. The second-order valence-electron chi connectivity index (χ2n) is 4.29. The van der Waals surface area contributed by atoms with Gasteiger partial charge in [-0.1, -0.05) is 5.11 Å². The zero-order valence-corrected chi connectivity index (χ0v) is 11.7. The summed E-state index contributed by atoms with van der Waals surface area (Å²) in [6.07, 6.45) is 1.06. The van der Waals surface area contributed by atoms with Crippen molar-refractivity contribution in [3.8, 4) is 11.5 Å². The molecular weight excluding hydrogens is 282 g/mol. The smallest absolute Gasteiger partial charge is 0.178 e. The summed E-state index contributed by atoms with van der Waals surface area (Å²) in [5.41, 5.74) is 8.15. The molecule has 0 N–H and O–H groups in total. The summed E-state index contributed by atoms with van der Waals surface area (Å²) >= 11 is 0. The van der Waals surface area contributed by atoms with Gasteiger partial charge in [-0.25, -0.2) is 8.42 Å². The maximum Gasteiger partial charge on any atom is 0.178 e. The van der Waals surface area contributed by atoms with E-state index in [0.29, 0.717) is 31.1 Å². The zero-order valence-electron chi connectivity index (χ0n) is 10.9. The Morgan fingerprint density at radius 3 is 2.75 bits per heavy atom. The van der Waals surface area contributed by atoms with Gasteiger partial charge in [0, 0.05) is 23.9 Å². The Morgan fingerprint density at radius 1 is 1.25 bits per heavy atom. The van der Waals surface area contributed by atoms with Crippen molar-refractivity contribution in [3.63, 3.8) is 0 Å². The van der Waals surface area contributed by atoms with Crippen molar-refractivity contribution in [1.29, 1.82) is 0 Å². The fourth-order valence-corrected chi connectivity index (χ4v) is 3.13. The summed E-state index contributed by atoms with van der Waals surface area (Å²) in [7, 11) is -3.40. The maximum absolute atomic E-state index is 12.1. The Morgan fingerprint density at radius 2 is 2.00 bits per heavy atom. The number of nitrogens with zero attached hydrogens (tertiary/aromatic N) is 3. The molecular formula is C12H15N3O4S. The van der Waals surface area contributed by atoms with Crippen LogP contribution in [0.1, 0.15) is 12.8 Å². The van der Waals surface area contributed by atoms with Crippen LogP contribution in [0.2, 0.25) is 0 Å². The molecule has 0 saturated heterocycles. The highest BCUT2D eigenvalue weighted by Crippen LogP contribution is 2.32. The summed E-state index contributed by atoms with van der Waals surface area (Å²) in [5.74, 6) is 0.959. The lowest BCUT2D eigenvalue weighted by Crippen LogP contribution is -2.08. The molecule has 7 nitrogen and oxygen atoms in total. The minimum atomic E-state index is -3.40. The summed E-state index contributed by atoms with van der Waals surface area (Å²) in [6, 6.07) is 4.61. The molecule has 0 atom stereocenters. The van der Waals surface area contributed by atoms with Crippen molar-refractivity contribution in [2.45, 2.75) is 17.7 Å². The van der Waals surface area contributed by atoms with E-state index in [4.69, 9.17) is 15.0 Å². The molecule has 0 radical (unpaired) electrons. The molecule has 1 aromatic rings. The molecule has 0 unspecified atom stereocenters. The average Bonchev–Trinajstić information content (AvgIpc) is 2.68. The van der Waals surface area contributed by atoms with E-state index in [1.807, 2.05) is 0 Å². The third-order valence-electron chi connectivity index (χ3n) is 2.81. The first kappa shape index (κ1) is 14.5. The molecule has 0 amide bonds. The molecule has 0 fully saturated rings. The molecule has 0 aromatic heterocycles. The third kappa shape index (κ3) is 3.55. The van der Waals surface area contributed by atoms with E-state index in [1.165, 1.54) is 12.1 Å². The number of sulfone groups is 1. The minimum Gasteiger partial charge on any atom is -0.490 e. The van der Waals surface area contributed by atoms with Gasteiger partial charge in [0.05, 0.1) is 23.9 Å². The number of benzene rings is 1. The van der Waals surface area contributed by atoms with Gasteiger partial charge in [0.25, 0.3) is 0 Å². The van der Waals surface area contributed by atoms with Crippen LogP contribution in [0.25, 0.3) is 10.4 Å². The van der Waals surface area contributed by atoms with Crippen LogP contribution in [0.3, 0.4) is 0 Å². The number of ether oxygens (including phenoxy) is 2. The van der Waals surface area contributed by atoms with Crippen molar-refractivity contribution in [2.24, 2.45) is 5.11 Å². The van der Waals surface area contributed by atoms with Crippen molar-refractivity contribution >= 4 is 9.84 Å². The Hall–Kier alpha value is -1.92. The normalized spacial score (nSPS) is 14.2. The maximum atomic E-state index is 12.1. The fraction of sp³-hybridized carbons (Fsp3) is 0.500. The Balaban J connectivity index is 2.15. The lowest BCUT2D eigenvalue weighted by Gasteiger charge is -2.09. The molecule has 0 bridgehead atoms. The van der Waals surface area contributed by atoms with Crippen LogP contribution in [-0.4, -0.2) is 33.9 Å². The second kappa shape index (κ2) is 6.49. The lowest BCUT2D eigenvalue weighted by atomic mass is 10.3. The van der Waals surface area contributed by atoms with Gasteiger partial charge in [0.15, 0.2) is 21.3 Å². The monoisotopic (exact) mass is 297 g/mol. The Kier molecular flexibility index (Phi) is 4.70. The van der Waals surface area contributed by atoms with Crippen molar-refractivity contribution in [2.75, 3.05) is 25.5 Å². The fourth-order valence-electron chi connectivity index (χ4n) is 1.82. The Labute approximate surface area is 117 Å².